The average molecular weight is 239 g/mol. The molecule has 94 valence electrons. The average Bonchev–Trinajstić information content (AvgIpc) is 2.15. The van der Waals surface area contributed by atoms with Crippen molar-refractivity contribution in [1.29, 1.82) is 0 Å². The van der Waals surface area contributed by atoms with Crippen LogP contribution < -0.4 is 4.74 Å². The van der Waals surface area contributed by atoms with Gasteiger partial charge in [-0.2, -0.15) is 0 Å². The highest BCUT2D eigenvalue weighted by Gasteiger charge is 2.16. The second kappa shape index (κ2) is 5.14. The van der Waals surface area contributed by atoms with E-state index < -0.39 is 11.2 Å². The van der Waals surface area contributed by atoms with Gasteiger partial charge in [0.05, 0.1) is 10.5 Å². The maximum absolute atomic E-state index is 10.5. The van der Waals surface area contributed by atoms with Crippen LogP contribution in [0.2, 0.25) is 0 Å². The van der Waals surface area contributed by atoms with E-state index in [1.54, 1.807) is 19.1 Å². The lowest BCUT2D eigenvalue weighted by Crippen LogP contribution is -2.29. The second-order valence-corrected chi connectivity index (χ2v) is 4.67. The third-order valence-electron chi connectivity index (χ3n) is 1.87. The molecule has 0 aliphatic heterocycles. The number of ether oxygens (including phenoxy) is 2. The molecule has 0 aliphatic carbocycles. The van der Waals surface area contributed by atoms with Crippen molar-refractivity contribution in [1.82, 2.24) is 0 Å². The first-order valence-electron chi connectivity index (χ1n) is 5.37. The number of non-ortho nitro benzene ring substituents is 1. The highest BCUT2D eigenvalue weighted by Crippen LogP contribution is 2.20. The van der Waals surface area contributed by atoms with Crippen LogP contribution in [0.5, 0.6) is 5.75 Å². The molecule has 1 rings (SSSR count). The SMILES string of the molecule is CC(Oc1ccc([N+](=O)[O-])cc1)OC(C)(C)C. The van der Waals surface area contributed by atoms with Gasteiger partial charge in [0, 0.05) is 12.1 Å². The van der Waals surface area contributed by atoms with Gasteiger partial charge in [-0.1, -0.05) is 0 Å². The van der Waals surface area contributed by atoms with Crippen molar-refractivity contribution in [3.63, 3.8) is 0 Å². The molecule has 1 aromatic carbocycles. The van der Waals surface area contributed by atoms with E-state index in [9.17, 15) is 10.1 Å². The maximum atomic E-state index is 10.5. The van der Waals surface area contributed by atoms with Crippen molar-refractivity contribution in [2.45, 2.75) is 39.6 Å². The predicted octanol–water partition coefficient (Wildman–Crippen LogP) is 3.13. The Hall–Kier alpha value is -1.62. The van der Waals surface area contributed by atoms with E-state index in [0.29, 0.717) is 5.75 Å². The Labute approximate surface area is 101 Å². The van der Waals surface area contributed by atoms with Gasteiger partial charge >= 0.3 is 0 Å². The molecule has 0 saturated heterocycles. The topological polar surface area (TPSA) is 61.6 Å². The van der Waals surface area contributed by atoms with E-state index in [2.05, 4.69) is 0 Å². The van der Waals surface area contributed by atoms with Crippen LogP contribution in [0, 0.1) is 10.1 Å². The number of benzene rings is 1. The molecule has 5 nitrogen and oxygen atoms in total. The van der Waals surface area contributed by atoms with E-state index in [0.717, 1.165) is 0 Å². The molecular weight excluding hydrogens is 222 g/mol. The fraction of sp³-hybridized carbons (Fsp3) is 0.500. The molecule has 5 heteroatoms. The van der Waals surface area contributed by atoms with Crippen LogP contribution in [-0.2, 0) is 4.74 Å². The van der Waals surface area contributed by atoms with Crippen molar-refractivity contribution in [3.05, 3.63) is 34.4 Å². The third kappa shape index (κ3) is 4.82. The van der Waals surface area contributed by atoms with Crippen molar-refractivity contribution >= 4 is 5.69 Å². The molecule has 1 unspecified atom stereocenters. The summed E-state index contributed by atoms with van der Waals surface area (Å²) >= 11 is 0. The molecule has 0 heterocycles. The highest BCUT2D eigenvalue weighted by molar-refractivity contribution is 5.35. The van der Waals surface area contributed by atoms with Gasteiger partial charge in [0.2, 0.25) is 0 Å². The summed E-state index contributed by atoms with van der Waals surface area (Å²) in [7, 11) is 0. The van der Waals surface area contributed by atoms with Gasteiger partial charge in [0.1, 0.15) is 5.75 Å². The molecule has 0 bridgehead atoms. The van der Waals surface area contributed by atoms with Crippen molar-refractivity contribution in [2.75, 3.05) is 0 Å². The van der Waals surface area contributed by atoms with E-state index in [1.807, 2.05) is 20.8 Å². The summed E-state index contributed by atoms with van der Waals surface area (Å²) in [6, 6.07) is 5.92. The second-order valence-electron chi connectivity index (χ2n) is 4.67. The summed E-state index contributed by atoms with van der Waals surface area (Å²) in [6.45, 7) is 7.58. The van der Waals surface area contributed by atoms with Crippen molar-refractivity contribution < 1.29 is 14.4 Å². The van der Waals surface area contributed by atoms with Gasteiger partial charge in [-0.25, -0.2) is 0 Å². The lowest BCUT2D eigenvalue weighted by atomic mass is 10.2. The van der Waals surface area contributed by atoms with Gasteiger partial charge < -0.3 is 9.47 Å². The Morgan fingerprint density at radius 1 is 1.24 bits per heavy atom. The number of nitro benzene ring substituents is 1. The predicted molar refractivity (Wildman–Crippen MR) is 64.0 cm³/mol. The van der Waals surface area contributed by atoms with Gasteiger partial charge in [-0.15, -0.1) is 0 Å². The van der Waals surface area contributed by atoms with E-state index in [-0.39, 0.29) is 11.3 Å². The zero-order chi connectivity index (χ0) is 13.1. The molecule has 0 N–H and O–H groups in total. The molecule has 0 radical (unpaired) electrons. The molecule has 17 heavy (non-hydrogen) atoms. The molecule has 1 aromatic rings. The van der Waals surface area contributed by atoms with Crippen LogP contribution in [0.1, 0.15) is 27.7 Å². The number of rotatable bonds is 4. The van der Waals surface area contributed by atoms with Gasteiger partial charge in [0.25, 0.3) is 5.69 Å². The van der Waals surface area contributed by atoms with Crippen molar-refractivity contribution in [3.8, 4) is 5.75 Å². The first-order valence-corrected chi connectivity index (χ1v) is 5.37. The van der Waals surface area contributed by atoms with E-state index in [4.69, 9.17) is 9.47 Å². The van der Waals surface area contributed by atoms with Crippen LogP contribution in [-0.4, -0.2) is 16.8 Å². The zero-order valence-electron chi connectivity index (χ0n) is 10.5. The molecule has 0 amide bonds. The maximum Gasteiger partial charge on any atom is 0.269 e. The number of nitro groups is 1. The molecular formula is C12H17NO4. The fourth-order valence-corrected chi connectivity index (χ4v) is 1.36. The quantitative estimate of drug-likeness (QED) is 0.460. The molecule has 0 spiro atoms. The number of nitrogens with zero attached hydrogens (tertiary/aromatic N) is 1. The summed E-state index contributed by atoms with van der Waals surface area (Å²) in [4.78, 5) is 10.0. The summed E-state index contributed by atoms with van der Waals surface area (Å²) in [5, 5.41) is 10.5. The van der Waals surface area contributed by atoms with E-state index >= 15 is 0 Å². The lowest BCUT2D eigenvalue weighted by molar-refractivity contribution is -0.384. The Morgan fingerprint density at radius 3 is 2.18 bits per heavy atom. The first-order chi connectivity index (χ1) is 7.78. The minimum atomic E-state index is -0.446. The normalized spacial score (nSPS) is 13.2. The van der Waals surface area contributed by atoms with Crippen LogP contribution >= 0.6 is 0 Å². The highest BCUT2D eigenvalue weighted by atomic mass is 16.7. The largest absolute Gasteiger partial charge is 0.465 e. The monoisotopic (exact) mass is 239 g/mol. The summed E-state index contributed by atoms with van der Waals surface area (Å²) in [5.74, 6) is 0.548. The standard InChI is InChI=1S/C12H17NO4/c1-9(17-12(2,3)4)16-11-7-5-10(6-8-11)13(14)15/h5-9H,1-4H3. The smallest absolute Gasteiger partial charge is 0.269 e. The summed E-state index contributed by atoms with van der Waals surface area (Å²) < 4.78 is 11.0. The Morgan fingerprint density at radius 2 is 1.76 bits per heavy atom. The Balaban J connectivity index is 2.60. The van der Waals surface area contributed by atoms with Crippen LogP contribution in [0.25, 0.3) is 0 Å². The third-order valence-corrected chi connectivity index (χ3v) is 1.87. The van der Waals surface area contributed by atoms with Crippen LogP contribution in [0.4, 0.5) is 5.69 Å². The van der Waals surface area contributed by atoms with Gasteiger partial charge in [0.15, 0.2) is 6.29 Å². The molecule has 1 atom stereocenters. The minimum absolute atomic E-state index is 0.0433. The number of hydrogen-bond donors (Lipinski definition) is 0. The molecule has 0 saturated carbocycles. The molecule has 0 aliphatic rings. The Bertz CT molecular complexity index is 380. The van der Waals surface area contributed by atoms with E-state index in [1.165, 1.54) is 12.1 Å². The summed E-state index contributed by atoms with van der Waals surface area (Å²) in [5.41, 5.74) is -0.248. The number of hydrogen-bond acceptors (Lipinski definition) is 4. The fourth-order valence-electron chi connectivity index (χ4n) is 1.36. The Kier molecular flexibility index (Phi) is 4.07. The van der Waals surface area contributed by atoms with Gasteiger partial charge in [-0.3, -0.25) is 10.1 Å². The zero-order valence-corrected chi connectivity index (χ0v) is 10.5. The summed E-state index contributed by atoms with van der Waals surface area (Å²) in [6.07, 6.45) is -0.406. The lowest BCUT2D eigenvalue weighted by Gasteiger charge is -2.25. The van der Waals surface area contributed by atoms with Crippen LogP contribution in [0.3, 0.4) is 0 Å². The van der Waals surface area contributed by atoms with Crippen LogP contribution in [0.15, 0.2) is 24.3 Å². The molecule has 0 fully saturated rings. The van der Waals surface area contributed by atoms with Crippen molar-refractivity contribution in [2.24, 2.45) is 0 Å². The first kappa shape index (κ1) is 13.4. The minimum Gasteiger partial charge on any atom is -0.465 e. The van der Waals surface area contributed by atoms with Gasteiger partial charge in [-0.05, 0) is 39.8 Å². The molecule has 0 aromatic heterocycles.